The molecule has 1 amide bonds. The van der Waals surface area contributed by atoms with E-state index in [4.69, 9.17) is 4.74 Å². The number of benzene rings is 1. The first kappa shape index (κ1) is 13.0. The summed E-state index contributed by atoms with van der Waals surface area (Å²) in [6.45, 7) is 1.89. The van der Waals surface area contributed by atoms with E-state index in [9.17, 15) is 9.18 Å². The molecule has 0 saturated heterocycles. The average Bonchev–Trinajstić information content (AvgIpc) is 2.89. The van der Waals surface area contributed by atoms with Gasteiger partial charge < -0.3 is 10.1 Å². The Morgan fingerprint density at radius 1 is 1.53 bits per heavy atom. The molecule has 0 spiro atoms. The maximum absolute atomic E-state index is 13.0. The maximum Gasteiger partial charge on any atom is 0.295 e. The second kappa shape index (κ2) is 5.47. The normalized spacial score (nSPS) is 10.3. The van der Waals surface area contributed by atoms with E-state index in [2.05, 4.69) is 20.5 Å². The van der Waals surface area contributed by atoms with Crippen molar-refractivity contribution in [3.63, 3.8) is 0 Å². The quantitative estimate of drug-likeness (QED) is 0.882. The van der Waals surface area contributed by atoms with Gasteiger partial charge in [0.05, 0.1) is 12.8 Å². The fraction of sp³-hybridized carbons (Fsp3) is 0.250. The fourth-order valence-corrected chi connectivity index (χ4v) is 1.50. The lowest BCUT2D eigenvalue weighted by Crippen LogP contribution is -2.14. The Balaban J connectivity index is 2.18. The number of H-pyrrole nitrogens is 1. The molecule has 2 rings (SSSR count). The standard InChI is InChI=1S/C12H13FN4O2/c1-3-10-15-11(17-16-10)12(18)14-8-5-4-7(13)6-9(8)19-2/h4-6H,3H2,1-2H3,(H,14,18)(H,15,16,17). The summed E-state index contributed by atoms with van der Waals surface area (Å²) in [6.07, 6.45) is 0.653. The Kier molecular flexibility index (Phi) is 3.74. The van der Waals surface area contributed by atoms with Gasteiger partial charge in [-0.05, 0) is 12.1 Å². The van der Waals surface area contributed by atoms with Crippen molar-refractivity contribution in [1.29, 1.82) is 0 Å². The van der Waals surface area contributed by atoms with Crippen molar-refractivity contribution in [3.05, 3.63) is 35.7 Å². The van der Waals surface area contributed by atoms with Crippen LogP contribution in [0, 0.1) is 5.82 Å². The van der Waals surface area contributed by atoms with Crippen LogP contribution in [0.3, 0.4) is 0 Å². The van der Waals surface area contributed by atoms with Gasteiger partial charge in [-0.3, -0.25) is 9.89 Å². The van der Waals surface area contributed by atoms with Crippen LogP contribution in [0.1, 0.15) is 23.4 Å². The number of nitrogens with zero attached hydrogens (tertiary/aromatic N) is 2. The third-order valence-electron chi connectivity index (χ3n) is 2.48. The van der Waals surface area contributed by atoms with Crippen LogP contribution in [0.4, 0.5) is 10.1 Å². The second-order valence-electron chi connectivity index (χ2n) is 3.76. The molecular formula is C12H13FN4O2. The van der Waals surface area contributed by atoms with Crippen LogP contribution in [-0.4, -0.2) is 28.2 Å². The minimum absolute atomic E-state index is 0.0308. The molecule has 1 heterocycles. The van der Waals surface area contributed by atoms with E-state index in [1.165, 1.54) is 25.3 Å². The predicted octanol–water partition coefficient (Wildman–Crippen LogP) is 1.77. The average molecular weight is 264 g/mol. The molecule has 100 valence electrons. The Hall–Kier alpha value is -2.44. The number of methoxy groups -OCH3 is 1. The highest BCUT2D eigenvalue weighted by molar-refractivity contribution is 6.02. The third kappa shape index (κ3) is 2.87. The van der Waals surface area contributed by atoms with E-state index in [0.29, 0.717) is 17.9 Å². The summed E-state index contributed by atoms with van der Waals surface area (Å²) < 4.78 is 18.0. The topological polar surface area (TPSA) is 79.9 Å². The number of carbonyl (C=O) groups is 1. The number of aryl methyl sites for hydroxylation is 1. The highest BCUT2D eigenvalue weighted by atomic mass is 19.1. The van der Waals surface area contributed by atoms with Crippen LogP contribution in [-0.2, 0) is 6.42 Å². The smallest absolute Gasteiger partial charge is 0.295 e. The highest BCUT2D eigenvalue weighted by Gasteiger charge is 2.14. The van der Waals surface area contributed by atoms with Crippen LogP contribution in [0.5, 0.6) is 5.75 Å². The lowest BCUT2D eigenvalue weighted by molar-refractivity contribution is 0.101. The first-order chi connectivity index (χ1) is 9.13. The Labute approximate surface area is 109 Å². The van der Waals surface area contributed by atoms with Crippen LogP contribution in [0.25, 0.3) is 0 Å². The second-order valence-corrected chi connectivity index (χ2v) is 3.76. The molecule has 0 aliphatic rings. The fourth-order valence-electron chi connectivity index (χ4n) is 1.50. The number of halogens is 1. The van der Waals surface area contributed by atoms with Gasteiger partial charge in [0.15, 0.2) is 0 Å². The van der Waals surface area contributed by atoms with Crippen molar-refractivity contribution < 1.29 is 13.9 Å². The molecule has 1 aromatic carbocycles. The molecule has 0 atom stereocenters. The van der Waals surface area contributed by atoms with Gasteiger partial charge in [0, 0.05) is 12.5 Å². The molecule has 0 aliphatic heterocycles. The number of carbonyl (C=O) groups excluding carboxylic acids is 1. The third-order valence-corrected chi connectivity index (χ3v) is 2.48. The molecule has 0 unspecified atom stereocenters. The predicted molar refractivity (Wildman–Crippen MR) is 66.7 cm³/mol. The molecule has 1 aromatic heterocycles. The van der Waals surface area contributed by atoms with Crippen molar-refractivity contribution >= 4 is 11.6 Å². The summed E-state index contributed by atoms with van der Waals surface area (Å²) in [7, 11) is 1.40. The van der Waals surface area contributed by atoms with Gasteiger partial charge in [0.25, 0.3) is 5.91 Å². The summed E-state index contributed by atoms with van der Waals surface area (Å²) in [5.74, 6) is -0.0408. The van der Waals surface area contributed by atoms with Crippen molar-refractivity contribution in [1.82, 2.24) is 15.2 Å². The lowest BCUT2D eigenvalue weighted by Gasteiger charge is -2.08. The molecule has 19 heavy (non-hydrogen) atoms. The zero-order valence-corrected chi connectivity index (χ0v) is 10.5. The number of nitrogens with one attached hydrogen (secondary N) is 2. The minimum Gasteiger partial charge on any atom is -0.494 e. The number of amides is 1. The maximum atomic E-state index is 13.0. The number of hydrogen-bond acceptors (Lipinski definition) is 4. The summed E-state index contributed by atoms with van der Waals surface area (Å²) in [5.41, 5.74) is 0.358. The van der Waals surface area contributed by atoms with Crippen molar-refractivity contribution in [2.75, 3.05) is 12.4 Å². The Morgan fingerprint density at radius 2 is 2.32 bits per heavy atom. The van der Waals surface area contributed by atoms with Gasteiger partial charge in [-0.1, -0.05) is 6.92 Å². The minimum atomic E-state index is -0.485. The van der Waals surface area contributed by atoms with Crippen molar-refractivity contribution in [3.8, 4) is 5.75 Å². The zero-order valence-electron chi connectivity index (χ0n) is 10.5. The van der Waals surface area contributed by atoms with E-state index in [1.54, 1.807) is 0 Å². The number of ether oxygens (including phenoxy) is 1. The van der Waals surface area contributed by atoms with Crippen LogP contribution < -0.4 is 10.1 Å². The van der Waals surface area contributed by atoms with Gasteiger partial charge in [-0.25, -0.2) is 9.37 Å². The van der Waals surface area contributed by atoms with Crippen molar-refractivity contribution in [2.45, 2.75) is 13.3 Å². The monoisotopic (exact) mass is 264 g/mol. The summed E-state index contributed by atoms with van der Waals surface area (Å²) in [4.78, 5) is 15.9. The molecule has 7 heteroatoms. The molecule has 2 N–H and O–H groups in total. The summed E-state index contributed by atoms with van der Waals surface area (Å²) in [5, 5.41) is 9.01. The van der Waals surface area contributed by atoms with E-state index < -0.39 is 11.7 Å². The molecular weight excluding hydrogens is 251 g/mol. The van der Waals surface area contributed by atoms with E-state index >= 15 is 0 Å². The molecule has 0 radical (unpaired) electrons. The first-order valence-corrected chi connectivity index (χ1v) is 5.70. The van der Waals surface area contributed by atoms with E-state index in [1.807, 2.05) is 6.92 Å². The van der Waals surface area contributed by atoms with Crippen molar-refractivity contribution in [2.24, 2.45) is 0 Å². The number of hydrogen-bond donors (Lipinski definition) is 2. The Morgan fingerprint density at radius 3 is 2.95 bits per heavy atom. The summed E-state index contributed by atoms with van der Waals surface area (Å²) >= 11 is 0. The highest BCUT2D eigenvalue weighted by Crippen LogP contribution is 2.25. The molecule has 0 fully saturated rings. The zero-order chi connectivity index (χ0) is 13.8. The number of anilines is 1. The van der Waals surface area contributed by atoms with E-state index in [-0.39, 0.29) is 11.6 Å². The van der Waals surface area contributed by atoms with Gasteiger partial charge in [0.2, 0.25) is 5.82 Å². The molecule has 0 aliphatic carbocycles. The Bertz CT molecular complexity index is 597. The van der Waals surface area contributed by atoms with Gasteiger partial charge in [-0.2, -0.15) is 0 Å². The molecule has 6 nitrogen and oxygen atoms in total. The molecule has 2 aromatic rings. The van der Waals surface area contributed by atoms with E-state index in [0.717, 1.165) is 0 Å². The largest absolute Gasteiger partial charge is 0.494 e. The number of aromatic nitrogens is 3. The van der Waals surface area contributed by atoms with Crippen LogP contribution >= 0.6 is 0 Å². The molecule has 0 bridgehead atoms. The van der Waals surface area contributed by atoms with Gasteiger partial charge in [0.1, 0.15) is 17.4 Å². The summed E-state index contributed by atoms with van der Waals surface area (Å²) in [6, 6.07) is 3.83. The van der Waals surface area contributed by atoms with Gasteiger partial charge >= 0.3 is 0 Å². The van der Waals surface area contributed by atoms with Crippen LogP contribution in [0.15, 0.2) is 18.2 Å². The van der Waals surface area contributed by atoms with Gasteiger partial charge in [-0.15, -0.1) is 5.10 Å². The number of rotatable bonds is 4. The van der Waals surface area contributed by atoms with Crippen LogP contribution in [0.2, 0.25) is 0 Å². The molecule has 0 saturated carbocycles. The first-order valence-electron chi connectivity index (χ1n) is 5.70. The SMILES string of the molecule is CCc1nc(C(=O)Nc2ccc(F)cc2OC)n[nH]1. The lowest BCUT2D eigenvalue weighted by atomic mass is 10.3. The number of aromatic amines is 1.